The van der Waals surface area contributed by atoms with Crippen molar-refractivity contribution in [3.63, 3.8) is 0 Å². The minimum Gasteiger partial charge on any atom is -0.493 e. The van der Waals surface area contributed by atoms with Crippen molar-refractivity contribution < 1.29 is 9.47 Å². The molecule has 2 aromatic rings. The molecule has 0 amide bonds. The highest BCUT2D eigenvalue weighted by Gasteiger charge is 2.19. The molecular weight excluding hydrogens is 452 g/mol. The Morgan fingerprint density at radius 3 is 2.05 bits per heavy atom. The number of methoxy groups -OCH3 is 2. The van der Waals surface area contributed by atoms with Gasteiger partial charge in [0.15, 0.2) is 11.5 Å². The van der Waals surface area contributed by atoms with E-state index in [9.17, 15) is 0 Å². The van der Waals surface area contributed by atoms with E-state index in [0.29, 0.717) is 11.5 Å². The second-order valence-electron chi connectivity index (χ2n) is 4.11. The van der Waals surface area contributed by atoms with Gasteiger partial charge >= 0.3 is 0 Å². The van der Waals surface area contributed by atoms with E-state index in [1.165, 1.54) is 0 Å². The standard InChI is InChI=1S/C15H13Br3O2/c1-19-13-7-10(12(17)8-14(13)20-2)15(18)9-5-3-4-6-11(9)16/h3-8,15H,1-2H3. The van der Waals surface area contributed by atoms with Gasteiger partial charge in [-0.1, -0.05) is 66.0 Å². The van der Waals surface area contributed by atoms with E-state index in [1.807, 2.05) is 30.3 Å². The lowest BCUT2D eigenvalue weighted by atomic mass is 10.0. The summed E-state index contributed by atoms with van der Waals surface area (Å²) in [5.41, 5.74) is 2.23. The van der Waals surface area contributed by atoms with Crippen LogP contribution in [-0.4, -0.2) is 14.2 Å². The first kappa shape index (κ1) is 15.9. The van der Waals surface area contributed by atoms with Crippen LogP contribution in [0.25, 0.3) is 0 Å². The van der Waals surface area contributed by atoms with Crippen molar-refractivity contribution in [2.75, 3.05) is 14.2 Å². The fraction of sp³-hybridized carbons (Fsp3) is 0.200. The van der Waals surface area contributed by atoms with Crippen LogP contribution in [0.15, 0.2) is 45.3 Å². The number of rotatable bonds is 4. The van der Waals surface area contributed by atoms with Crippen molar-refractivity contribution >= 4 is 47.8 Å². The average molecular weight is 465 g/mol. The van der Waals surface area contributed by atoms with Crippen LogP contribution in [-0.2, 0) is 0 Å². The summed E-state index contributed by atoms with van der Waals surface area (Å²) >= 11 is 10.9. The van der Waals surface area contributed by atoms with Crippen LogP contribution in [0.1, 0.15) is 16.0 Å². The van der Waals surface area contributed by atoms with Crippen LogP contribution < -0.4 is 9.47 Å². The van der Waals surface area contributed by atoms with E-state index < -0.39 is 0 Å². The summed E-state index contributed by atoms with van der Waals surface area (Å²) in [6.07, 6.45) is 0. The van der Waals surface area contributed by atoms with Crippen molar-refractivity contribution in [1.82, 2.24) is 0 Å². The van der Waals surface area contributed by atoms with Crippen molar-refractivity contribution in [3.8, 4) is 11.5 Å². The lowest BCUT2D eigenvalue weighted by Crippen LogP contribution is -1.98. The average Bonchev–Trinajstić information content (AvgIpc) is 2.46. The molecule has 2 nitrogen and oxygen atoms in total. The Morgan fingerprint density at radius 2 is 1.45 bits per heavy atom. The largest absolute Gasteiger partial charge is 0.493 e. The quantitative estimate of drug-likeness (QED) is 0.539. The summed E-state index contributed by atoms with van der Waals surface area (Å²) in [6.45, 7) is 0. The Kier molecular flexibility index (Phi) is 5.52. The van der Waals surface area contributed by atoms with Crippen molar-refractivity contribution in [1.29, 1.82) is 0 Å². The van der Waals surface area contributed by atoms with Gasteiger partial charge in [-0.2, -0.15) is 0 Å². The molecule has 0 N–H and O–H groups in total. The number of ether oxygens (including phenoxy) is 2. The van der Waals surface area contributed by atoms with E-state index in [2.05, 4.69) is 53.9 Å². The van der Waals surface area contributed by atoms with Gasteiger partial charge in [0, 0.05) is 8.95 Å². The molecule has 5 heteroatoms. The topological polar surface area (TPSA) is 18.5 Å². The normalized spacial score (nSPS) is 12.1. The van der Waals surface area contributed by atoms with Crippen LogP contribution in [0, 0.1) is 0 Å². The molecule has 0 saturated heterocycles. The molecule has 0 saturated carbocycles. The summed E-state index contributed by atoms with van der Waals surface area (Å²) in [4.78, 5) is 0.0484. The third kappa shape index (κ3) is 3.21. The summed E-state index contributed by atoms with van der Waals surface area (Å²) in [6, 6.07) is 12.0. The monoisotopic (exact) mass is 462 g/mol. The van der Waals surface area contributed by atoms with Crippen LogP contribution in [0.5, 0.6) is 11.5 Å². The van der Waals surface area contributed by atoms with Crippen molar-refractivity contribution in [2.24, 2.45) is 0 Å². The first-order chi connectivity index (χ1) is 9.58. The molecule has 1 unspecified atom stereocenters. The van der Waals surface area contributed by atoms with Gasteiger partial charge in [0.1, 0.15) is 0 Å². The molecule has 0 radical (unpaired) electrons. The van der Waals surface area contributed by atoms with Gasteiger partial charge in [0.05, 0.1) is 19.0 Å². The molecule has 0 aliphatic carbocycles. The number of hydrogen-bond acceptors (Lipinski definition) is 2. The summed E-state index contributed by atoms with van der Waals surface area (Å²) in [7, 11) is 3.26. The minimum absolute atomic E-state index is 0.0484. The van der Waals surface area contributed by atoms with Gasteiger partial charge in [0.25, 0.3) is 0 Å². The smallest absolute Gasteiger partial charge is 0.161 e. The molecule has 0 aromatic heterocycles. The lowest BCUT2D eigenvalue weighted by Gasteiger charge is -2.17. The lowest BCUT2D eigenvalue weighted by molar-refractivity contribution is 0.354. The third-order valence-corrected chi connectivity index (χ3v) is 5.35. The number of benzene rings is 2. The number of halogens is 3. The zero-order valence-corrected chi connectivity index (χ0v) is 15.7. The first-order valence-corrected chi connectivity index (χ1v) is 8.38. The van der Waals surface area contributed by atoms with Crippen LogP contribution in [0.2, 0.25) is 0 Å². The maximum atomic E-state index is 5.37. The minimum atomic E-state index is 0.0484. The predicted molar refractivity (Wildman–Crippen MR) is 92.2 cm³/mol. The summed E-state index contributed by atoms with van der Waals surface area (Å²) in [5.74, 6) is 1.41. The van der Waals surface area contributed by atoms with Gasteiger partial charge in [-0.3, -0.25) is 0 Å². The van der Waals surface area contributed by atoms with Crippen molar-refractivity contribution in [2.45, 2.75) is 4.83 Å². The van der Waals surface area contributed by atoms with E-state index in [4.69, 9.17) is 9.47 Å². The first-order valence-electron chi connectivity index (χ1n) is 5.88. The van der Waals surface area contributed by atoms with Crippen LogP contribution in [0.4, 0.5) is 0 Å². The van der Waals surface area contributed by atoms with Gasteiger partial charge in [0.2, 0.25) is 0 Å². The summed E-state index contributed by atoms with van der Waals surface area (Å²) < 4.78 is 12.7. The molecule has 0 bridgehead atoms. The second kappa shape index (κ2) is 6.96. The Balaban J connectivity index is 2.50. The van der Waals surface area contributed by atoms with Gasteiger partial charge in [-0.25, -0.2) is 0 Å². The Bertz CT molecular complexity index is 614. The molecule has 1 atom stereocenters. The molecular formula is C15H13Br3O2. The van der Waals surface area contributed by atoms with Gasteiger partial charge < -0.3 is 9.47 Å². The molecule has 0 spiro atoms. The second-order valence-corrected chi connectivity index (χ2v) is 6.74. The number of hydrogen-bond donors (Lipinski definition) is 0. The van der Waals surface area contributed by atoms with E-state index in [0.717, 1.165) is 20.1 Å². The highest BCUT2D eigenvalue weighted by Crippen LogP contribution is 2.43. The Labute approximate surface area is 143 Å². The molecule has 20 heavy (non-hydrogen) atoms. The number of alkyl halides is 1. The Hall–Kier alpha value is -0.520. The molecule has 0 fully saturated rings. The fourth-order valence-corrected chi connectivity index (χ4v) is 4.37. The summed E-state index contributed by atoms with van der Waals surface area (Å²) in [5, 5.41) is 0. The van der Waals surface area contributed by atoms with E-state index in [-0.39, 0.29) is 4.83 Å². The molecule has 2 rings (SSSR count). The molecule has 2 aromatic carbocycles. The third-order valence-electron chi connectivity index (χ3n) is 2.95. The molecule has 0 aliphatic heterocycles. The van der Waals surface area contributed by atoms with E-state index >= 15 is 0 Å². The molecule has 0 aliphatic rings. The van der Waals surface area contributed by atoms with Gasteiger partial charge in [-0.15, -0.1) is 0 Å². The van der Waals surface area contributed by atoms with Crippen LogP contribution in [0.3, 0.4) is 0 Å². The zero-order valence-electron chi connectivity index (χ0n) is 11.0. The zero-order chi connectivity index (χ0) is 14.7. The SMILES string of the molecule is COc1cc(Br)c(C(Br)c2ccccc2Br)cc1OC. The maximum absolute atomic E-state index is 5.37. The predicted octanol–water partition coefficient (Wildman–Crippen LogP) is 5.71. The molecule has 0 heterocycles. The van der Waals surface area contributed by atoms with Crippen LogP contribution >= 0.6 is 47.8 Å². The Morgan fingerprint density at radius 1 is 0.850 bits per heavy atom. The highest BCUT2D eigenvalue weighted by molar-refractivity contribution is 9.11. The van der Waals surface area contributed by atoms with Crippen molar-refractivity contribution in [3.05, 3.63) is 56.5 Å². The fourth-order valence-electron chi connectivity index (χ4n) is 1.91. The molecule has 106 valence electrons. The van der Waals surface area contributed by atoms with Gasteiger partial charge in [-0.05, 0) is 29.3 Å². The highest BCUT2D eigenvalue weighted by atomic mass is 79.9. The maximum Gasteiger partial charge on any atom is 0.161 e. The van der Waals surface area contributed by atoms with E-state index in [1.54, 1.807) is 14.2 Å².